The van der Waals surface area contributed by atoms with E-state index in [4.69, 9.17) is 41.0 Å². The van der Waals surface area contributed by atoms with Crippen molar-refractivity contribution in [3.8, 4) is 40.3 Å². The summed E-state index contributed by atoms with van der Waals surface area (Å²) < 4.78 is 21.4. The zero-order chi connectivity index (χ0) is 27.4. The summed E-state index contributed by atoms with van der Waals surface area (Å²) in [5.41, 5.74) is 5.54. The molecule has 3 aromatic heterocycles. The fourth-order valence-corrected chi connectivity index (χ4v) is 5.51. The van der Waals surface area contributed by atoms with E-state index >= 15 is 0 Å². The third-order valence-corrected chi connectivity index (χ3v) is 7.31. The first kappa shape index (κ1) is 24.2. The van der Waals surface area contributed by atoms with Crippen LogP contribution in [0.5, 0.6) is 23.3 Å². The first-order valence-electron chi connectivity index (χ1n) is 12.6. The predicted molar refractivity (Wildman–Crippen MR) is 150 cm³/mol. The average Bonchev–Trinajstić information content (AvgIpc) is 3.57. The Labute approximate surface area is 234 Å². The SMILES string of the molecule is COc1ccccc1-c1nc2c3c(ncn2n1)Oc1c(c(C)nn1-c1cccc(Cl)c1)[C@@H]3c1ccccc1OC. The van der Waals surface area contributed by atoms with Gasteiger partial charge in [-0.3, -0.25) is 0 Å². The van der Waals surface area contributed by atoms with Crippen molar-refractivity contribution in [2.24, 2.45) is 0 Å². The molecule has 0 aliphatic carbocycles. The van der Waals surface area contributed by atoms with Crippen LogP contribution in [0.3, 0.4) is 0 Å². The Morgan fingerprint density at radius 2 is 1.65 bits per heavy atom. The van der Waals surface area contributed by atoms with Gasteiger partial charge in [0.1, 0.15) is 17.8 Å². The first-order chi connectivity index (χ1) is 19.6. The van der Waals surface area contributed by atoms with Gasteiger partial charge in [0.25, 0.3) is 0 Å². The van der Waals surface area contributed by atoms with Crippen LogP contribution in [0.15, 0.2) is 79.1 Å². The topological polar surface area (TPSA) is 88.6 Å². The standard InChI is InChI=1S/C30H23ClN6O3/c1-17-24-25(20-11-4-6-13-22(20)38-2)26-28-33-27(21-12-5-7-14-23(21)39-3)35-36(28)16-32-29(26)40-30(24)37(34-17)19-10-8-9-18(31)15-19/h4-16,25H,1-3H3/t25-/m0/s1. The number of aryl methyl sites for hydroxylation is 1. The van der Waals surface area contributed by atoms with Crippen LogP contribution in [0, 0.1) is 6.92 Å². The molecule has 9 nitrogen and oxygen atoms in total. The number of nitrogens with zero attached hydrogens (tertiary/aromatic N) is 6. The number of hydrogen-bond donors (Lipinski definition) is 0. The van der Waals surface area contributed by atoms with Crippen LogP contribution < -0.4 is 14.2 Å². The summed E-state index contributed by atoms with van der Waals surface area (Å²) in [6.07, 6.45) is 1.61. The van der Waals surface area contributed by atoms with Gasteiger partial charge in [0.05, 0.1) is 48.2 Å². The molecule has 1 atom stereocenters. The van der Waals surface area contributed by atoms with Gasteiger partial charge >= 0.3 is 0 Å². The van der Waals surface area contributed by atoms with Gasteiger partial charge in [0, 0.05) is 10.6 Å². The highest BCUT2D eigenvalue weighted by Crippen LogP contribution is 2.51. The van der Waals surface area contributed by atoms with Gasteiger partial charge in [0.2, 0.25) is 11.8 Å². The molecule has 0 saturated heterocycles. The summed E-state index contributed by atoms with van der Waals surface area (Å²) in [6, 6.07) is 23.1. The van der Waals surface area contributed by atoms with Gasteiger partial charge in [-0.15, -0.1) is 5.10 Å². The van der Waals surface area contributed by atoms with Crippen molar-refractivity contribution in [1.82, 2.24) is 29.4 Å². The number of halogens is 1. The Balaban J connectivity index is 1.51. The molecule has 0 radical (unpaired) electrons. The first-order valence-corrected chi connectivity index (χ1v) is 13.0. The maximum atomic E-state index is 6.52. The molecule has 40 heavy (non-hydrogen) atoms. The third kappa shape index (κ3) is 3.70. The summed E-state index contributed by atoms with van der Waals surface area (Å²) in [5, 5.41) is 10.2. The lowest BCUT2D eigenvalue weighted by atomic mass is 9.84. The van der Waals surface area contributed by atoms with Gasteiger partial charge < -0.3 is 14.2 Å². The minimum Gasteiger partial charge on any atom is -0.496 e. The molecule has 0 bridgehead atoms. The van der Waals surface area contributed by atoms with Crippen molar-refractivity contribution in [2.45, 2.75) is 12.8 Å². The van der Waals surface area contributed by atoms with E-state index in [-0.39, 0.29) is 5.92 Å². The van der Waals surface area contributed by atoms with E-state index < -0.39 is 0 Å². The molecule has 10 heteroatoms. The van der Waals surface area contributed by atoms with Crippen molar-refractivity contribution >= 4 is 17.2 Å². The molecule has 1 aliphatic heterocycles. The van der Waals surface area contributed by atoms with Gasteiger partial charge in [-0.2, -0.15) is 5.10 Å². The molecule has 4 heterocycles. The normalized spacial score (nSPS) is 13.9. The van der Waals surface area contributed by atoms with Gasteiger partial charge in [-0.1, -0.05) is 48.0 Å². The average molecular weight is 551 g/mol. The van der Waals surface area contributed by atoms with Crippen LogP contribution in [-0.2, 0) is 0 Å². The second-order valence-corrected chi connectivity index (χ2v) is 9.78. The van der Waals surface area contributed by atoms with Crippen LogP contribution in [0.1, 0.15) is 28.3 Å². The summed E-state index contributed by atoms with van der Waals surface area (Å²) in [5.74, 6) is 2.55. The molecule has 198 valence electrons. The lowest BCUT2D eigenvalue weighted by molar-refractivity contribution is 0.393. The maximum absolute atomic E-state index is 6.52. The van der Waals surface area contributed by atoms with E-state index in [0.717, 1.165) is 39.4 Å². The van der Waals surface area contributed by atoms with Gasteiger partial charge in [-0.25, -0.2) is 19.2 Å². The highest BCUT2D eigenvalue weighted by molar-refractivity contribution is 6.30. The zero-order valence-corrected chi connectivity index (χ0v) is 22.6. The van der Waals surface area contributed by atoms with E-state index in [1.165, 1.54) is 0 Å². The number of aromatic nitrogens is 6. The number of para-hydroxylation sites is 2. The minimum atomic E-state index is -0.353. The number of benzene rings is 3. The van der Waals surface area contributed by atoms with E-state index in [2.05, 4.69) is 4.98 Å². The predicted octanol–water partition coefficient (Wildman–Crippen LogP) is 6.24. The van der Waals surface area contributed by atoms with Crippen molar-refractivity contribution in [2.75, 3.05) is 14.2 Å². The van der Waals surface area contributed by atoms with E-state index in [1.54, 1.807) is 29.7 Å². The molecule has 6 aromatic rings. The lowest BCUT2D eigenvalue weighted by Gasteiger charge is -2.27. The summed E-state index contributed by atoms with van der Waals surface area (Å²) in [4.78, 5) is 9.67. The fourth-order valence-electron chi connectivity index (χ4n) is 5.32. The molecule has 3 aromatic carbocycles. The largest absolute Gasteiger partial charge is 0.496 e. The molecule has 0 spiro atoms. The molecular weight excluding hydrogens is 528 g/mol. The Hall–Kier alpha value is -4.89. The molecule has 0 amide bonds. The highest BCUT2D eigenvalue weighted by Gasteiger charge is 2.39. The quantitative estimate of drug-likeness (QED) is 0.250. The van der Waals surface area contributed by atoms with Gasteiger partial charge in [-0.05, 0) is 43.3 Å². The summed E-state index contributed by atoms with van der Waals surface area (Å²) >= 11 is 6.33. The summed E-state index contributed by atoms with van der Waals surface area (Å²) in [7, 11) is 3.30. The number of rotatable bonds is 5. The molecule has 0 saturated carbocycles. The van der Waals surface area contributed by atoms with Crippen molar-refractivity contribution < 1.29 is 14.2 Å². The molecule has 0 fully saturated rings. The lowest BCUT2D eigenvalue weighted by Crippen LogP contribution is -2.16. The second kappa shape index (κ2) is 9.39. The zero-order valence-electron chi connectivity index (χ0n) is 21.9. The van der Waals surface area contributed by atoms with E-state index in [9.17, 15) is 0 Å². The molecule has 1 aliphatic rings. The van der Waals surface area contributed by atoms with Crippen molar-refractivity contribution in [3.05, 3.63) is 107 Å². The molecular formula is C30H23ClN6O3. The Morgan fingerprint density at radius 1 is 0.875 bits per heavy atom. The number of fused-ring (bicyclic) bond motifs is 4. The fraction of sp³-hybridized carbons (Fsp3) is 0.133. The smallest absolute Gasteiger partial charge is 0.230 e. The van der Waals surface area contributed by atoms with Gasteiger partial charge in [0.15, 0.2) is 11.5 Å². The second-order valence-electron chi connectivity index (χ2n) is 9.34. The van der Waals surface area contributed by atoms with Crippen LogP contribution in [0.25, 0.3) is 22.7 Å². The van der Waals surface area contributed by atoms with Crippen molar-refractivity contribution in [3.63, 3.8) is 0 Å². The van der Waals surface area contributed by atoms with Crippen LogP contribution >= 0.6 is 11.6 Å². The number of hydrogen-bond acceptors (Lipinski definition) is 7. The Morgan fingerprint density at radius 3 is 2.45 bits per heavy atom. The minimum absolute atomic E-state index is 0.353. The van der Waals surface area contributed by atoms with Crippen LogP contribution in [0.2, 0.25) is 5.02 Å². The molecule has 0 unspecified atom stereocenters. The number of methoxy groups -OCH3 is 2. The maximum Gasteiger partial charge on any atom is 0.230 e. The Kier molecular flexibility index (Phi) is 5.67. The number of ether oxygens (including phenoxy) is 3. The molecule has 7 rings (SSSR count). The monoisotopic (exact) mass is 550 g/mol. The van der Waals surface area contributed by atoms with Crippen LogP contribution in [0.4, 0.5) is 0 Å². The van der Waals surface area contributed by atoms with E-state index in [0.29, 0.717) is 34.0 Å². The Bertz CT molecular complexity index is 1910. The summed E-state index contributed by atoms with van der Waals surface area (Å²) in [6.45, 7) is 1.97. The van der Waals surface area contributed by atoms with E-state index in [1.807, 2.05) is 79.7 Å². The third-order valence-electron chi connectivity index (χ3n) is 7.07. The van der Waals surface area contributed by atoms with Crippen molar-refractivity contribution in [1.29, 1.82) is 0 Å². The highest BCUT2D eigenvalue weighted by atomic mass is 35.5. The van der Waals surface area contributed by atoms with Crippen LogP contribution in [-0.4, -0.2) is 43.6 Å². The molecule has 0 N–H and O–H groups in total.